The van der Waals surface area contributed by atoms with Gasteiger partial charge in [0.1, 0.15) is 6.54 Å². The molecule has 108 valence electrons. The SMILES string of the molecule is CSC1CC(=O)N1CC(=O)NOCCc1ccccc1. The van der Waals surface area contributed by atoms with Gasteiger partial charge in [-0.3, -0.25) is 14.4 Å². The Morgan fingerprint density at radius 3 is 2.85 bits per heavy atom. The van der Waals surface area contributed by atoms with Crippen LogP contribution >= 0.6 is 11.8 Å². The molecule has 1 saturated heterocycles. The molecule has 6 heteroatoms. The van der Waals surface area contributed by atoms with E-state index in [1.807, 2.05) is 36.6 Å². The number of carbonyl (C=O) groups is 2. The van der Waals surface area contributed by atoms with Crippen molar-refractivity contribution in [2.24, 2.45) is 0 Å². The number of nitrogens with zero attached hydrogens (tertiary/aromatic N) is 1. The van der Waals surface area contributed by atoms with E-state index in [2.05, 4.69) is 5.48 Å². The summed E-state index contributed by atoms with van der Waals surface area (Å²) in [7, 11) is 0. The molecule has 0 bridgehead atoms. The summed E-state index contributed by atoms with van der Waals surface area (Å²) >= 11 is 1.58. The number of hydrogen-bond donors (Lipinski definition) is 1. The summed E-state index contributed by atoms with van der Waals surface area (Å²) in [6.45, 7) is 0.478. The predicted molar refractivity (Wildman–Crippen MR) is 77.9 cm³/mol. The number of carbonyl (C=O) groups excluding carboxylic acids is 2. The quantitative estimate of drug-likeness (QED) is 0.466. The largest absolute Gasteiger partial charge is 0.321 e. The zero-order valence-corrected chi connectivity index (χ0v) is 12.2. The molecule has 1 unspecified atom stereocenters. The molecule has 1 aliphatic heterocycles. The van der Waals surface area contributed by atoms with Crippen LogP contribution in [0, 0.1) is 0 Å². The second-order valence-electron chi connectivity index (χ2n) is 4.53. The van der Waals surface area contributed by atoms with Crippen molar-refractivity contribution in [3.8, 4) is 0 Å². The van der Waals surface area contributed by atoms with E-state index in [1.165, 1.54) is 0 Å². The van der Waals surface area contributed by atoms with Crippen LogP contribution in [-0.4, -0.2) is 41.5 Å². The maximum absolute atomic E-state index is 11.6. The highest BCUT2D eigenvalue weighted by atomic mass is 32.2. The lowest BCUT2D eigenvalue weighted by Crippen LogP contribution is -2.54. The Hall–Kier alpha value is -1.53. The standard InChI is InChI=1S/C14H18N2O3S/c1-20-14-9-13(18)16(14)10-12(17)15-19-8-7-11-5-3-2-4-6-11/h2-6,14H,7-10H2,1H3,(H,15,17). The van der Waals surface area contributed by atoms with Crippen molar-refractivity contribution in [1.29, 1.82) is 0 Å². The van der Waals surface area contributed by atoms with Crippen LogP contribution in [0.1, 0.15) is 12.0 Å². The van der Waals surface area contributed by atoms with E-state index in [9.17, 15) is 9.59 Å². The Labute approximate surface area is 122 Å². The van der Waals surface area contributed by atoms with Gasteiger partial charge >= 0.3 is 0 Å². The first-order valence-corrected chi connectivity index (χ1v) is 7.76. The van der Waals surface area contributed by atoms with E-state index in [0.717, 1.165) is 12.0 Å². The summed E-state index contributed by atoms with van der Waals surface area (Å²) in [4.78, 5) is 29.7. The van der Waals surface area contributed by atoms with Crippen molar-refractivity contribution in [3.63, 3.8) is 0 Å². The highest BCUT2D eigenvalue weighted by Gasteiger charge is 2.36. The molecule has 2 amide bonds. The van der Waals surface area contributed by atoms with E-state index in [0.29, 0.717) is 13.0 Å². The summed E-state index contributed by atoms with van der Waals surface area (Å²) in [6, 6.07) is 9.90. The molecule has 1 atom stereocenters. The van der Waals surface area contributed by atoms with Gasteiger partial charge in [0.25, 0.3) is 5.91 Å². The maximum Gasteiger partial charge on any atom is 0.263 e. The van der Waals surface area contributed by atoms with Gasteiger partial charge in [0.2, 0.25) is 5.91 Å². The maximum atomic E-state index is 11.6. The van der Waals surface area contributed by atoms with Crippen LogP contribution < -0.4 is 5.48 Å². The lowest BCUT2D eigenvalue weighted by Gasteiger charge is -2.38. The fraction of sp³-hybridized carbons (Fsp3) is 0.429. The number of likely N-dealkylation sites (tertiary alicyclic amines) is 1. The monoisotopic (exact) mass is 294 g/mol. The van der Waals surface area contributed by atoms with Gasteiger partial charge in [-0.25, -0.2) is 5.48 Å². The van der Waals surface area contributed by atoms with Crippen LogP contribution in [0.4, 0.5) is 0 Å². The van der Waals surface area contributed by atoms with Gasteiger partial charge in [-0.05, 0) is 18.2 Å². The van der Waals surface area contributed by atoms with Crippen LogP contribution in [0.5, 0.6) is 0 Å². The Balaban J connectivity index is 1.62. The molecule has 0 saturated carbocycles. The fourth-order valence-electron chi connectivity index (χ4n) is 1.96. The first kappa shape index (κ1) is 14.9. The lowest BCUT2D eigenvalue weighted by atomic mass is 10.2. The van der Waals surface area contributed by atoms with Crippen LogP contribution in [-0.2, 0) is 20.8 Å². The van der Waals surface area contributed by atoms with Gasteiger partial charge in [0, 0.05) is 0 Å². The molecule has 0 spiro atoms. The van der Waals surface area contributed by atoms with E-state index >= 15 is 0 Å². The number of β-lactam (4-membered cyclic amide) rings is 1. The van der Waals surface area contributed by atoms with E-state index in [4.69, 9.17) is 4.84 Å². The number of nitrogens with one attached hydrogen (secondary N) is 1. The number of benzene rings is 1. The Morgan fingerprint density at radius 2 is 2.20 bits per heavy atom. The van der Waals surface area contributed by atoms with Crippen molar-refractivity contribution in [1.82, 2.24) is 10.4 Å². The molecule has 1 aromatic carbocycles. The van der Waals surface area contributed by atoms with E-state index < -0.39 is 0 Å². The minimum Gasteiger partial charge on any atom is -0.321 e. The average Bonchev–Trinajstić information content (AvgIpc) is 2.47. The lowest BCUT2D eigenvalue weighted by molar-refractivity contribution is -0.149. The van der Waals surface area contributed by atoms with E-state index in [1.54, 1.807) is 16.7 Å². The van der Waals surface area contributed by atoms with Crippen LogP contribution in [0.15, 0.2) is 30.3 Å². The number of thioether (sulfide) groups is 1. The van der Waals surface area contributed by atoms with Gasteiger partial charge in [0.05, 0.1) is 18.4 Å². The summed E-state index contributed by atoms with van der Waals surface area (Å²) in [5, 5.41) is 0.123. The number of rotatable bonds is 7. The minimum absolute atomic E-state index is 0.0174. The van der Waals surface area contributed by atoms with Crippen molar-refractivity contribution in [2.75, 3.05) is 19.4 Å². The third-order valence-electron chi connectivity index (χ3n) is 3.12. The highest BCUT2D eigenvalue weighted by Crippen LogP contribution is 2.26. The zero-order valence-electron chi connectivity index (χ0n) is 11.4. The van der Waals surface area contributed by atoms with Gasteiger partial charge in [-0.15, -0.1) is 11.8 Å². The molecule has 1 N–H and O–H groups in total. The average molecular weight is 294 g/mol. The molecule has 1 heterocycles. The van der Waals surface area contributed by atoms with Gasteiger partial charge < -0.3 is 4.90 Å². The second kappa shape index (κ2) is 7.31. The number of amides is 2. The first-order chi connectivity index (χ1) is 9.70. The fourth-order valence-corrected chi connectivity index (χ4v) is 2.71. The summed E-state index contributed by atoms with van der Waals surface area (Å²) in [5.41, 5.74) is 3.53. The molecule has 1 fully saturated rings. The molecule has 1 aromatic rings. The van der Waals surface area contributed by atoms with Crippen molar-refractivity contribution >= 4 is 23.6 Å². The smallest absolute Gasteiger partial charge is 0.263 e. The molecule has 20 heavy (non-hydrogen) atoms. The van der Waals surface area contributed by atoms with Gasteiger partial charge in [-0.1, -0.05) is 30.3 Å². The predicted octanol–water partition coefficient (Wildman–Crippen LogP) is 1.20. The van der Waals surface area contributed by atoms with Crippen LogP contribution in [0.3, 0.4) is 0 Å². The number of hydrogen-bond acceptors (Lipinski definition) is 4. The molecule has 0 radical (unpaired) electrons. The third-order valence-corrected chi connectivity index (χ3v) is 4.09. The van der Waals surface area contributed by atoms with Crippen LogP contribution in [0.25, 0.3) is 0 Å². The molecule has 2 rings (SSSR count). The Morgan fingerprint density at radius 1 is 1.45 bits per heavy atom. The number of hydroxylamine groups is 1. The molecule has 1 aliphatic rings. The van der Waals surface area contributed by atoms with E-state index in [-0.39, 0.29) is 23.7 Å². The molecule has 0 aromatic heterocycles. The van der Waals surface area contributed by atoms with Crippen molar-refractivity contribution in [2.45, 2.75) is 18.2 Å². The summed E-state index contributed by atoms with van der Waals surface area (Å²) in [6.07, 6.45) is 3.18. The zero-order chi connectivity index (χ0) is 14.4. The molecular weight excluding hydrogens is 276 g/mol. The molecule has 5 nitrogen and oxygen atoms in total. The summed E-state index contributed by atoms with van der Waals surface area (Å²) in [5.74, 6) is -0.269. The van der Waals surface area contributed by atoms with Crippen molar-refractivity contribution < 1.29 is 14.4 Å². The third kappa shape index (κ3) is 3.98. The van der Waals surface area contributed by atoms with Gasteiger partial charge in [0.15, 0.2) is 0 Å². The topological polar surface area (TPSA) is 58.6 Å². The minimum atomic E-state index is -0.287. The normalized spacial score (nSPS) is 17.8. The Kier molecular flexibility index (Phi) is 5.43. The molecular formula is C14H18N2O3S. The Bertz CT molecular complexity index is 467. The highest BCUT2D eigenvalue weighted by molar-refractivity contribution is 7.99. The second-order valence-corrected chi connectivity index (χ2v) is 5.54. The summed E-state index contributed by atoms with van der Waals surface area (Å²) < 4.78 is 0. The first-order valence-electron chi connectivity index (χ1n) is 6.47. The van der Waals surface area contributed by atoms with Gasteiger partial charge in [-0.2, -0.15) is 0 Å². The van der Waals surface area contributed by atoms with Crippen molar-refractivity contribution in [3.05, 3.63) is 35.9 Å². The molecule has 0 aliphatic carbocycles. The van der Waals surface area contributed by atoms with Crippen LogP contribution in [0.2, 0.25) is 0 Å².